The molecule has 0 radical (unpaired) electrons. The minimum Gasteiger partial charge on any atom is -0.360 e. The Morgan fingerprint density at radius 1 is 1.11 bits per heavy atom. The number of hydrogen-bond donors (Lipinski definition) is 2. The summed E-state index contributed by atoms with van der Waals surface area (Å²) in [5.74, 6) is -0.701. The van der Waals surface area contributed by atoms with Crippen molar-refractivity contribution in [2.24, 2.45) is 0 Å². The van der Waals surface area contributed by atoms with E-state index in [2.05, 4.69) is 15.8 Å². The lowest BCUT2D eigenvalue weighted by atomic mass is 10.0. The second kappa shape index (κ2) is 8.27. The Morgan fingerprint density at radius 3 is 2.56 bits per heavy atom. The van der Waals surface area contributed by atoms with E-state index >= 15 is 0 Å². The third-order valence-electron chi connectivity index (χ3n) is 3.87. The molecule has 0 aliphatic rings. The number of nitrogens with one attached hydrogen (secondary N) is 2. The van der Waals surface area contributed by atoms with Gasteiger partial charge in [0.05, 0.1) is 0 Å². The van der Waals surface area contributed by atoms with E-state index in [0.29, 0.717) is 5.76 Å². The minimum atomic E-state index is -0.875. The first-order chi connectivity index (χ1) is 13.0. The number of amides is 2. The number of benzene rings is 2. The standard InChI is InChI=1S/C20H18FN3O3/c1-13-10-18(24-27-13)23-20(26)17(11-14-6-3-2-4-7-14)22-19(25)15-8-5-9-16(21)12-15/h2-10,12,17H,11H2,1H3,(H,22,25)(H,23,24,26)/t17-/m0/s1. The van der Waals surface area contributed by atoms with Gasteiger partial charge >= 0.3 is 0 Å². The van der Waals surface area contributed by atoms with E-state index in [-0.39, 0.29) is 17.8 Å². The largest absolute Gasteiger partial charge is 0.360 e. The molecule has 6 nitrogen and oxygen atoms in total. The van der Waals surface area contributed by atoms with E-state index < -0.39 is 23.7 Å². The number of nitrogens with zero attached hydrogens (tertiary/aromatic N) is 1. The van der Waals surface area contributed by atoms with Gasteiger partial charge in [0.2, 0.25) is 5.91 Å². The molecule has 0 aliphatic carbocycles. The average molecular weight is 367 g/mol. The third-order valence-corrected chi connectivity index (χ3v) is 3.87. The molecule has 1 atom stereocenters. The molecular weight excluding hydrogens is 349 g/mol. The summed E-state index contributed by atoms with van der Waals surface area (Å²) < 4.78 is 18.3. The third kappa shape index (κ3) is 5.01. The van der Waals surface area contributed by atoms with Gasteiger partial charge in [0.15, 0.2) is 5.82 Å². The van der Waals surface area contributed by atoms with Crippen LogP contribution in [0.5, 0.6) is 0 Å². The van der Waals surface area contributed by atoms with Gasteiger partial charge < -0.3 is 15.2 Å². The Morgan fingerprint density at radius 2 is 1.89 bits per heavy atom. The van der Waals surface area contributed by atoms with Gasteiger partial charge in [0.1, 0.15) is 17.6 Å². The Hall–Kier alpha value is -3.48. The van der Waals surface area contributed by atoms with Crippen LogP contribution < -0.4 is 10.6 Å². The van der Waals surface area contributed by atoms with E-state index in [4.69, 9.17) is 4.52 Å². The van der Waals surface area contributed by atoms with Crippen molar-refractivity contribution in [2.75, 3.05) is 5.32 Å². The highest BCUT2D eigenvalue weighted by Gasteiger charge is 2.23. The van der Waals surface area contributed by atoms with Gasteiger partial charge in [0.25, 0.3) is 5.91 Å². The highest BCUT2D eigenvalue weighted by molar-refractivity contribution is 6.01. The molecule has 0 saturated carbocycles. The molecule has 7 heteroatoms. The monoisotopic (exact) mass is 367 g/mol. The molecule has 3 aromatic rings. The van der Waals surface area contributed by atoms with Crippen LogP contribution in [-0.2, 0) is 11.2 Å². The van der Waals surface area contributed by atoms with Crippen LogP contribution in [0, 0.1) is 12.7 Å². The minimum absolute atomic E-state index is 0.137. The molecule has 0 saturated heterocycles. The number of rotatable bonds is 6. The lowest BCUT2D eigenvalue weighted by Crippen LogP contribution is -2.45. The Balaban J connectivity index is 1.78. The van der Waals surface area contributed by atoms with Crippen molar-refractivity contribution in [1.82, 2.24) is 10.5 Å². The highest BCUT2D eigenvalue weighted by Crippen LogP contribution is 2.11. The highest BCUT2D eigenvalue weighted by atomic mass is 19.1. The number of anilines is 1. The van der Waals surface area contributed by atoms with Crippen molar-refractivity contribution < 1.29 is 18.5 Å². The molecule has 138 valence electrons. The first-order valence-corrected chi connectivity index (χ1v) is 8.36. The van der Waals surface area contributed by atoms with Crippen LogP contribution >= 0.6 is 0 Å². The second-order valence-corrected chi connectivity index (χ2v) is 6.04. The van der Waals surface area contributed by atoms with Crippen LogP contribution in [0.25, 0.3) is 0 Å². The Kier molecular flexibility index (Phi) is 5.61. The van der Waals surface area contributed by atoms with Crippen molar-refractivity contribution in [3.8, 4) is 0 Å². The number of carbonyl (C=O) groups excluding carboxylic acids is 2. The van der Waals surface area contributed by atoms with E-state index in [9.17, 15) is 14.0 Å². The molecule has 0 fully saturated rings. The fraction of sp³-hybridized carbons (Fsp3) is 0.150. The van der Waals surface area contributed by atoms with Gasteiger partial charge in [-0.05, 0) is 30.7 Å². The maximum absolute atomic E-state index is 13.4. The molecule has 2 N–H and O–H groups in total. The fourth-order valence-electron chi connectivity index (χ4n) is 2.57. The summed E-state index contributed by atoms with van der Waals surface area (Å²) in [5, 5.41) is 9.00. The quantitative estimate of drug-likeness (QED) is 0.701. The number of aromatic nitrogens is 1. The molecule has 2 aromatic carbocycles. The molecule has 0 bridgehead atoms. The zero-order valence-electron chi connectivity index (χ0n) is 14.6. The van der Waals surface area contributed by atoms with E-state index in [0.717, 1.165) is 11.6 Å². The van der Waals surface area contributed by atoms with Crippen LogP contribution in [-0.4, -0.2) is 23.0 Å². The van der Waals surface area contributed by atoms with Gasteiger partial charge in [-0.15, -0.1) is 0 Å². The zero-order chi connectivity index (χ0) is 19.2. The van der Waals surface area contributed by atoms with E-state index in [1.165, 1.54) is 18.2 Å². The van der Waals surface area contributed by atoms with Crippen molar-refractivity contribution in [3.05, 3.63) is 83.4 Å². The summed E-state index contributed by atoms with van der Waals surface area (Å²) in [5.41, 5.74) is 1.01. The summed E-state index contributed by atoms with van der Waals surface area (Å²) in [6.07, 6.45) is 0.268. The molecule has 0 aliphatic heterocycles. The Bertz CT molecular complexity index is 940. The van der Waals surface area contributed by atoms with Gasteiger partial charge in [-0.3, -0.25) is 9.59 Å². The maximum atomic E-state index is 13.4. The van der Waals surface area contributed by atoms with Crippen molar-refractivity contribution >= 4 is 17.6 Å². The predicted octanol–water partition coefficient (Wildman–Crippen LogP) is 3.10. The van der Waals surface area contributed by atoms with Crippen LogP contribution in [0.15, 0.2) is 65.2 Å². The molecule has 0 spiro atoms. The Labute approximate surface area is 155 Å². The first-order valence-electron chi connectivity index (χ1n) is 8.36. The number of hydrogen-bond acceptors (Lipinski definition) is 4. The molecule has 27 heavy (non-hydrogen) atoms. The van der Waals surface area contributed by atoms with E-state index in [1.807, 2.05) is 30.3 Å². The summed E-state index contributed by atoms with van der Waals surface area (Å²) in [6, 6.07) is 15.3. The van der Waals surface area contributed by atoms with Crippen LogP contribution in [0.2, 0.25) is 0 Å². The summed E-state index contributed by atoms with van der Waals surface area (Å²) in [4.78, 5) is 25.1. The number of carbonyl (C=O) groups is 2. The summed E-state index contributed by atoms with van der Waals surface area (Å²) in [6.45, 7) is 1.70. The van der Waals surface area contributed by atoms with Crippen molar-refractivity contribution in [3.63, 3.8) is 0 Å². The zero-order valence-corrected chi connectivity index (χ0v) is 14.6. The molecule has 0 unspecified atom stereocenters. The molecular formula is C20H18FN3O3. The lowest BCUT2D eigenvalue weighted by Gasteiger charge is -2.18. The SMILES string of the molecule is Cc1cc(NC(=O)[C@H](Cc2ccccc2)NC(=O)c2cccc(F)c2)no1. The smallest absolute Gasteiger partial charge is 0.252 e. The normalized spacial score (nSPS) is 11.6. The lowest BCUT2D eigenvalue weighted by molar-refractivity contribution is -0.118. The van der Waals surface area contributed by atoms with Crippen LogP contribution in [0.4, 0.5) is 10.2 Å². The summed E-state index contributed by atoms with van der Waals surface area (Å²) in [7, 11) is 0. The van der Waals surface area contributed by atoms with Crippen molar-refractivity contribution in [2.45, 2.75) is 19.4 Å². The topological polar surface area (TPSA) is 84.2 Å². The predicted molar refractivity (Wildman–Crippen MR) is 97.7 cm³/mol. The molecule has 2 amide bonds. The maximum Gasteiger partial charge on any atom is 0.252 e. The molecule has 1 aromatic heterocycles. The molecule has 3 rings (SSSR count). The first kappa shape index (κ1) is 18.3. The number of halogens is 1. The number of aryl methyl sites for hydroxylation is 1. The van der Waals surface area contributed by atoms with Crippen molar-refractivity contribution in [1.29, 1.82) is 0 Å². The van der Waals surface area contributed by atoms with Gasteiger partial charge in [-0.1, -0.05) is 41.6 Å². The second-order valence-electron chi connectivity index (χ2n) is 6.04. The van der Waals surface area contributed by atoms with Crippen LogP contribution in [0.1, 0.15) is 21.7 Å². The summed E-state index contributed by atoms with van der Waals surface area (Å²) >= 11 is 0. The van der Waals surface area contributed by atoms with E-state index in [1.54, 1.807) is 13.0 Å². The van der Waals surface area contributed by atoms with Gasteiger partial charge in [0, 0.05) is 18.1 Å². The van der Waals surface area contributed by atoms with Crippen LogP contribution in [0.3, 0.4) is 0 Å². The van der Waals surface area contributed by atoms with Gasteiger partial charge in [-0.25, -0.2) is 4.39 Å². The average Bonchev–Trinajstić information content (AvgIpc) is 3.06. The fourth-order valence-corrected chi connectivity index (χ4v) is 2.57. The molecule has 1 heterocycles. The van der Waals surface area contributed by atoms with Gasteiger partial charge in [-0.2, -0.15) is 0 Å².